The van der Waals surface area contributed by atoms with Gasteiger partial charge in [-0.3, -0.25) is 5.32 Å². The largest absolute Gasteiger partial charge is 1.00 e. The van der Waals surface area contributed by atoms with Crippen LogP contribution in [0.3, 0.4) is 0 Å². The number of ether oxygens (including phenoxy) is 1. The third-order valence-corrected chi connectivity index (χ3v) is 5.79. The van der Waals surface area contributed by atoms with Crippen molar-refractivity contribution in [3.63, 3.8) is 0 Å². The number of anilines is 3. The van der Waals surface area contributed by atoms with Crippen molar-refractivity contribution >= 4 is 34.2 Å². The fourth-order valence-electron chi connectivity index (χ4n) is 4.12. The van der Waals surface area contributed by atoms with Crippen LogP contribution in [0.5, 0.6) is 0 Å². The summed E-state index contributed by atoms with van der Waals surface area (Å²) in [6.45, 7) is 8.41. The molecule has 0 aliphatic rings. The van der Waals surface area contributed by atoms with E-state index >= 15 is 0 Å². The second-order valence-corrected chi connectivity index (χ2v) is 9.15. The van der Waals surface area contributed by atoms with Gasteiger partial charge < -0.3 is 20.1 Å². The summed E-state index contributed by atoms with van der Waals surface area (Å²) in [5, 5.41) is 15.8. The molecule has 0 atom stereocenters. The summed E-state index contributed by atoms with van der Waals surface area (Å²) in [6.07, 6.45) is -0.497. The molecule has 0 saturated carbocycles. The molecule has 8 heteroatoms. The molecule has 0 radical (unpaired) electrons. The molecule has 3 aromatic carbocycles. The molecule has 0 bridgehead atoms. The summed E-state index contributed by atoms with van der Waals surface area (Å²) in [5.41, 5.74) is 4.65. The molecule has 2 N–H and O–H groups in total. The number of carbonyl (C=O) groups excluding carboxylic acids is 1. The van der Waals surface area contributed by atoms with Crippen molar-refractivity contribution in [2.45, 2.75) is 33.9 Å². The van der Waals surface area contributed by atoms with Crippen LogP contribution in [0.2, 0.25) is 0 Å². The van der Waals surface area contributed by atoms with Crippen LogP contribution in [-0.2, 0) is 17.8 Å². The number of pyridine rings is 1. The molecule has 0 fully saturated rings. The SMILES string of the molecule is CCOC(=O)Nc1c(N(Cc2ccccc2)Cc2ccccc2)nc2ccccc2c1NCC(C)C.C[O-].[Na+]. The van der Waals surface area contributed by atoms with E-state index in [1.54, 1.807) is 6.92 Å². The molecule has 7 nitrogen and oxygen atoms in total. The minimum atomic E-state index is -0.497. The molecular weight excluding hydrogens is 499 g/mol. The number of para-hydroxylation sites is 1. The van der Waals surface area contributed by atoms with Gasteiger partial charge in [0.15, 0.2) is 5.82 Å². The summed E-state index contributed by atoms with van der Waals surface area (Å²) in [6, 6.07) is 28.6. The number of rotatable bonds is 10. The molecule has 4 aromatic rings. The van der Waals surface area contributed by atoms with Crippen molar-refractivity contribution in [3.05, 3.63) is 96.1 Å². The van der Waals surface area contributed by atoms with E-state index in [1.807, 2.05) is 60.7 Å². The first kappa shape index (κ1) is 32.1. The smallest absolute Gasteiger partial charge is 0.857 e. The maximum Gasteiger partial charge on any atom is 1.00 e. The number of nitrogens with one attached hydrogen (secondary N) is 2. The number of carbonyl (C=O) groups is 1. The summed E-state index contributed by atoms with van der Waals surface area (Å²) >= 11 is 0. The van der Waals surface area contributed by atoms with E-state index in [0.717, 1.165) is 41.4 Å². The summed E-state index contributed by atoms with van der Waals surface area (Å²) in [7, 11) is 0.750. The zero-order chi connectivity index (χ0) is 27.3. The van der Waals surface area contributed by atoms with Crippen molar-refractivity contribution in [1.82, 2.24) is 4.98 Å². The van der Waals surface area contributed by atoms with E-state index < -0.39 is 6.09 Å². The zero-order valence-corrected chi connectivity index (χ0v) is 25.6. The van der Waals surface area contributed by atoms with Gasteiger partial charge in [0.2, 0.25) is 0 Å². The van der Waals surface area contributed by atoms with Crippen LogP contribution >= 0.6 is 0 Å². The van der Waals surface area contributed by atoms with Crippen LogP contribution in [0.25, 0.3) is 10.9 Å². The predicted octanol–water partition coefficient (Wildman–Crippen LogP) is 3.06. The number of fused-ring (bicyclic) bond motifs is 1. The Kier molecular flexibility index (Phi) is 13.8. The Labute approximate surface area is 253 Å². The van der Waals surface area contributed by atoms with E-state index in [1.165, 1.54) is 0 Å². The van der Waals surface area contributed by atoms with Crippen molar-refractivity contribution in [1.29, 1.82) is 0 Å². The van der Waals surface area contributed by atoms with E-state index in [4.69, 9.17) is 14.8 Å². The Morgan fingerprint density at radius 2 is 1.41 bits per heavy atom. The topological polar surface area (TPSA) is 89.5 Å². The molecule has 0 unspecified atom stereocenters. The average Bonchev–Trinajstić information content (AvgIpc) is 2.94. The quantitative estimate of drug-likeness (QED) is 0.303. The predicted molar refractivity (Wildman–Crippen MR) is 154 cm³/mol. The van der Waals surface area contributed by atoms with Gasteiger partial charge >= 0.3 is 35.7 Å². The van der Waals surface area contributed by atoms with Crippen LogP contribution in [-0.4, -0.2) is 31.3 Å². The maximum atomic E-state index is 12.7. The minimum Gasteiger partial charge on any atom is -0.857 e. The minimum absolute atomic E-state index is 0. The van der Waals surface area contributed by atoms with E-state index in [0.29, 0.717) is 30.5 Å². The normalized spacial score (nSPS) is 10.2. The Hall–Kier alpha value is -3.10. The number of nitrogens with zero attached hydrogens (tertiary/aromatic N) is 2. The molecule has 39 heavy (non-hydrogen) atoms. The first-order valence-corrected chi connectivity index (χ1v) is 12.9. The number of hydrogen-bond donors (Lipinski definition) is 2. The molecule has 0 saturated heterocycles. The Balaban J connectivity index is 0.00000174. The summed E-state index contributed by atoms with van der Waals surface area (Å²) in [5.74, 6) is 1.11. The fraction of sp³-hybridized carbons (Fsp3) is 0.290. The van der Waals surface area contributed by atoms with Crippen LogP contribution in [0.4, 0.5) is 22.0 Å². The van der Waals surface area contributed by atoms with Gasteiger partial charge in [-0.25, -0.2) is 9.78 Å². The van der Waals surface area contributed by atoms with Gasteiger partial charge in [-0.2, -0.15) is 7.11 Å². The van der Waals surface area contributed by atoms with E-state index in [2.05, 4.69) is 53.6 Å². The van der Waals surface area contributed by atoms with Crippen LogP contribution < -0.4 is 50.2 Å². The number of amides is 1. The standard InChI is InChI=1S/C30H34N4O2.CH3O.Na/c1-4-36-30(35)33-28-27(31-19-22(2)3)25-17-11-12-18-26(25)32-29(28)34(20-23-13-7-5-8-14-23)21-24-15-9-6-10-16-24;1-2;/h5-18,22H,4,19-21H2,1-3H3,(H,31,32)(H,33,35);1H3;/q;-1;+1. The first-order chi connectivity index (χ1) is 18.5. The second kappa shape index (κ2) is 16.8. The van der Waals surface area contributed by atoms with Gasteiger partial charge in [0.1, 0.15) is 5.69 Å². The average molecular weight is 537 g/mol. The first-order valence-electron chi connectivity index (χ1n) is 12.9. The van der Waals surface area contributed by atoms with E-state index in [-0.39, 0.29) is 36.2 Å². The number of aromatic nitrogens is 1. The third-order valence-electron chi connectivity index (χ3n) is 5.79. The molecular formula is C31H37N4NaO3. The molecule has 0 spiro atoms. The zero-order valence-electron chi connectivity index (χ0n) is 23.6. The van der Waals surface area contributed by atoms with Crippen molar-refractivity contribution in [2.24, 2.45) is 5.92 Å². The molecule has 1 heterocycles. The van der Waals surface area contributed by atoms with Crippen LogP contribution in [0.1, 0.15) is 31.9 Å². The molecule has 200 valence electrons. The molecule has 1 amide bonds. The molecule has 0 aliphatic carbocycles. The van der Waals surface area contributed by atoms with Crippen molar-refractivity contribution in [3.8, 4) is 0 Å². The van der Waals surface area contributed by atoms with Crippen LogP contribution in [0.15, 0.2) is 84.9 Å². The molecule has 0 aliphatic heterocycles. The third kappa shape index (κ3) is 9.25. The van der Waals surface area contributed by atoms with Gasteiger partial charge in [0.05, 0.1) is 17.8 Å². The van der Waals surface area contributed by atoms with Crippen molar-refractivity contribution < 1.29 is 44.2 Å². The Bertz CT molecular complexity index is 1250. The van der Waals surface area contributed by atoms with E-state index in [9.17, 15) is 4.79 Å². The molecule has 4 rings (SSSR count). The molecule has 1 aromatic heterocycles. The summed E-state index contributed by atoms with van der Waals surface area (Å²) < 4.78 is 5.29. The fourth-order valence-corrected chi connectivity index (χ4v) is 4.12. The number of benzene rings is 3. The number of hydrogen-bond acceptors (Lipinski definition) is 6. The van der Waals surface area contributed by atoms with Gasteiger partial charge in [0, 0.05) is 25.0 Å². The van der Waals surface area contributed by atoms with Gasteiger partial charge in [-0.1, -0.05) is 92.7 Å². The Morgan fingerprint density at radius 1 is 0.872 bits per heavy atom. The van der Waals surface area contributed by atoms with Gasteiger partial charge in [-0.05, 0) is 30.0 Å². The second-order valence-electron chi connectivity index (χ2n) is 9.15. The maximum absolute atomic E-state index is 12.7. The van der Waals surface area contributed by atoms with Gasteiger partial charge in [-0.15, -0.1) is 0 Å². The Morgan fingerprint density at radius 3 is 1.95 bits per heavy atom. The summed E-state index contributed by atoms with van der Waals surface area (Å²) in [4.78, 5) is 20.0. The van der Waals surface area contributed by atoms with Crippen molar-refractivity contribution in [2.75, 3.05) is 35.8 Å². The van der Waals surface area contributed by atoms with Crippen LogP contribution in [0, 0.1) is 5.92 Å². The monoisotopic (exact) mass is 536 g/mol. The van der Waals surface area contributed by atoms with Gasteiger partial charge in [0.25, 0.3) is 0 Å².